The van der Waals surface area contributed by atoms with Crippen LogP contribution in [-0.2, 0) is 17.9 Å². The summed E-state index contributed by atoms with van der Waals surface area (Å²) in [5.41, 5.74) is -0.171. The third-order valence-corrected chi connectivity index (χ3v) is 4.41. The van der Waals surface area contributed by atoms with Crippen LogP contribution >= 0.6 is 0 Å². The Labute approximate surface area is 172 Å². The van der Waals surface area contributed by atoms with Gasteiger partial charge in [-0.15, -0.1) is 0 Å². The summed E-state index contributed by atoms with van der Waals surface area (Å²) in [7, 11) is 0. The molecule has 0 unspecified atom stereocenters. The second-order valence-corrected chi connectivity index (χ2v) is 6.57. The van der Waals surface area contributed by atoms with Crippen LogP contribution in [0.3, 0.4) is 0 Å². The number of rotatable bonds is 6. The van der Waals surface area contributed by atoms with Crippen molar-refractivity contribution in [2.45, 2.75) is 26.9 Å². The molecular weight excluding hydrogens is 384 g/mol. The zero-order chi connectivity index (χ0) is 21.7. The Hall–Kier alpha value is -4.12. The molecule has 2 aromatic carbocycles. The molecule has 0 fully saturated rings. The van der Waals surface area contributed by atoms with Crippen molar-refractivity contribution >= 4 is 11.6 Å². The Morgan fingerprint density at radius 2 is 1.83 bits per heavy atom. The van der Waals surface area contributed by atoms with Gasteiger partial charge in [0.1, 0.15) is 23.9 Å². The zero-order valence-corrected chi connectivity index (χ0v) is 16.6. The Morgan fingerprint density at radius 3 is 2.50 bits per heavy atom. The maximum Gasteiger partial charge on any atom is 0.331 e. The van der Waals surface area contributed by atoms with Gasteiger partial charge in [0.15, 0.2) is 5.75 Å². The summed E-state index contributed by atoms with van der Waals surface area (Å²) in [5, 5.41) is 11.8. The highest BCUT2D eigenvalue weighted by atomic mass is 16.5. The average Bonchev–Trinajstić information content (AvgIpc) is 2.74. The van der Waals surface area contributed by atoms with Gasteiger partial charge in [0.05, 0.1) is 5.69 Å². The molecule has 0 spiro atoms. The number of nitrogens with zero attached hydrogens (tertiary/aromatic N) is 3. The molecule has 0 saturated heterocycles. The van der Waals surface area contributed by atoms with Gasteiger partial charge in [0.25, 0.3) is 5.56 Å². The summed E-state index contributed by atoms with van der Waals surface area (Å²) < 4.78 is 7.80. The molecule has 1 N–H and O–H groups in total. The van der Waals surface area contributed by atoms with E-state index in [1.54, 1.807) is 37.3 Å². The number of hydrogen-bond acceptors (Lipinski definition) is 5. The average molecular weight is 404 g/mol. The van der Waals surface area contributed by atoms with E-state index < -0.39 is 23.7 Å². The lowest BCUT2D eigenvalue weighted by Crippen LogP contribution is -2.43. The van der Waals surface area contributed by atoms with E-state index in [-0.39, 0.29) is 12.1 Å². The summed E-state index contributed by atoms with van der Waals surface area (Å²) in [5.74, 6) is 0.428. The molecular formula is C22H20N4O4. The largest absolute Gasteiger partial charge is 0.455 e. The Morgan fingerprint density at radius 1 is 1.13 bits per heavy atom. The molecule has 1 amide bonds. The van der Waals surface area contributed by atoms with E-state index in [9.17, 15) is 14.4 Å². The number of nitrogens with one attached hydrogen (secondary N) is 1. The predicted molar refractivity (Wildman–Crippen MR) is 112 cm³/mol. The van der Waals surface area contributed by atoms with E-state index in [1.807, 2.05) is 31.2 Å². The van der Waals surface area contributed by atoms with E-state index in [1.165, 1.54) is 10.8 Å². The van der Waals surface area contributed by atoms with Crippen molar-refractivity contribution in [1.29, 1.82) is 5.26 Å². The number of aromatic nitrogens is 2. The number of ether oxygens (including phenoxy) is 1. The van der Waals surface area contributed by atoms with Crippen molar-refractivity contribution in [1.82, 2.24) is 9.13 Å². The summed E-state index contributed by atoms with van der Waals surface area (Å²) in [6.07, 6.45) is 1.20. The van der Waals surface area contributed by atoms with Crippen LogP contribution in [0.15, 0.2) is 64.3 Å². The number of aryl methyl sites for hydroxylation is 2. The lowest BCUT2D eigenvalue weighted by atomic mass is 10.2. The van der Waals surface area contributed by atoms with Gasteiger partial charge in [-0.25, -0.2) is 9.36 Å². The first-order valence-corrected chi connectivity index (χ1v) is 9.30. The third kappa shape index (κ3) is 4.47. The molecule has 0 aliphatic heterocycles. The van der Waals surface area contributed by atoms with Crippen LogP contribution in [0.2, 0.25) is 0 Å². The number of hydrogen-bond donors (Lipinski definition) is 1. The van der Waals surface area contributed by atoms with Crippen molar-refractivity contribution in [3.05, 3.63) is 86.7 Å². The number of nitriles is 1. The molecule has 1 aromatic heterocycles. The van der Waals surface area contributed by atoms with Crippen LogP contribution in [0.25, 0.3) is 0 Å². The number of carbonyl (C=O) groups excluding carboxylic acids is 1. The number of amides is 1. The highest BCUT2D eigenvalue weighted by Crippen LogP contribution is 2.29. The van der Waals surface area contributed by atoms with Crippen LogP contribution in [-0.4, -0.2) is 15.0 Å². The van der Waals surface area contributed by atoms with Crippen LogP contribution in [0.5, 0.6) is 11.5 Å². The summed E-state index contributed by atoms with van der Waals surface area (Å²) in [4.78, 5) is 37.3. The van der Waals surface area contributed by atoms with Gasteiger partial charge < -0.3 is 10.1 Å². The van der Waals surface area contributed by atoms with E-state index in [4.69, 9.17) is 10.00 Å². The van der Waals surface area contributed by atoms with Crippen molar-refractivity contribution in [2.24, 2.45) is 0 Å². The van der Waals surface area contributed by atoms with Gasteiger partial charge >= 0.3 is 5.69 Å². The van der Waals surface area contributed by atoms with Gasteiger partial charge in [0, 0.05) is 12.7 Å². The Bertz CT molecular complexity index is 1230. The first kappa shape index (κ1) is 20.6. The fourth-order valence-electron chi connectivity index (χ4n) is 2.82. The first-order valence-electron chi connectivity index (χ1n) is 9.30. The van der Waals surface area contributed by atoms with E-state index in [0.717, 1.165) is 10.1 Å². The fraction of sp³-hybridized carbons (Fsp3) is 0.182. The van der Waals surface area contributed by atoms with Gasteiger partial charge in [0.2, 0.25) is 5.91 Å². The Kier molecular flexibility index (Phi) is 6.13. The van der Waals surface area contributed by atoms with Gasteiger partial charge in [-0.1, -0.05) is 29.8 Å². The van der Waals surface area contributed by atoms with Gasteiger partial charge in [-0.3, -0.25) is 14.2 Å². The maximum atomic E-state index is 12.6. The quantitative estimate of drug-likeness (QED) is 0.680. The standard InChI is InChI=1S/C22H20N4O4/c1-3-25-13-16(12-23)21(28)26(22(25)29)14-20(27)24-18-6-4-5-7-19(18)30-17-10-8-15(2)9-11-17/h4-11,13H,3,14H2,1-2H3,(H,24,27). The first-order chi connectivity index (χ1) is 14.4. The molecule has 8 heteroatoms. The highest BCUT2D eigenvalue weighted by molar-refractivity contribution is 5.92. The molecule has 0 aliphatic rings. The third-order valence-electron chi connectivity index (χ3n) is 4.41. The molecule has 1 heterocycles. The smallest absolute Gasteiger partial charge is 0.331 e. The van der Waals surface area contributed by atoms with E-state index in [2.05, 4.69) is 5.32 Å². The minimum atomic E-state index is -0.799. The van der Waals surface area contributed by atoms with E-state index >= 15 is 0 Å². The van der Waals surface area contributed by atoms with Crippen LogP contribution < -0.4 is 21.3 Å². The van der Waals surface area contributed by atoms with Crippen LogP contribution in [0, 0.1) is 18.3 Å². The highest BCUT2D eigenvalue weighted by Gasteiger charge is 2.15. The van der Waals surface area contributed by atoms with Crippen LogP contribution in [0.1, 0.15) is 18.1 Å². The molecule has 8 nitrogen and oxygen atoms in total. The monoisotopic (exact) mass is 404 g/mol. The molecule has 0 bridgehead atoms. The van der Waals surface area contributed by atoms with Crippen molar-refractivity contribution in [3.63, 3.8) is 0 Å². The van der Waals surface area contributed by atoms with Crippen LogP contribution in [0.4, 0.5) is 5.69 Å². The van der Waals surface area contributed by atoms with Crippen molar-refractivity contribution < 1.29 is 9.53 Å². The molecule has 0 radical (unpaired) electrons. The van der Waals surface area contributed by atoms with Gasteiger partial charge in [-0.05, 0) is 38.1 Å². The van der Waals surface area contributed by atoms with Crippen molar-refractivity contribution in [2.75, 3.05) is 5.32 Å². The van der Waals surface area contributed by atoms with E-state index in [0.29, 0.717) is 17.2 Å². The lowest BCUT2D eigenvalue weighted by molar-refractivity contribution is -0.116. The zero-order valence-electron chi connectivity index (χ0n) is 16.6. The molecule has 3 rings (SSSR count). The normalized spacial score (nSPS) is 10.3. The molecule has 3 aromatic rings. The predicted octanol–water partition coefficient (Wildman–Crippen LogP) is 2.64. The second kappa shape index (κ2) is 8.92. The number of carbonyl (C=O) groups is 1. The summed E-state index contributed by atoms with van der Waals surface area (Å²) in [6.45, 7) is 3.42. The minimum Gasteiger partial charge on any atom is -0.455 e. The fourth-order valence-corrected chi connectivity index (χ4v) is 2.82. The molecule has 0 aliphatic carbocycles. The number of para-hydroxylation sites is 2. The topological polar surface area (TPSA) is 106 Å². The molecule has 30 heavy (non-hydrogen) atoms. The summed E-state index contributed by atoms with van der Waals surface area (Å²) >= 11 is 0. The molecule has 0 atom stereocenters. The SMILES string of the molecule is CCn1cc(C#N)c(=O)n(CC(=O)Nc2ccccc2Oc2ccc(C)cc2)c1=O. The minimum absolute atomic E-state index is 0.202. The summed E-state index contributed by atoms with van der Waals surface area (Å²) in [6, 6.07) is 16.0. The maximum absolute atomic E-state index is 12.6. The number of benzene rings is 2. The molecule has 152 valence electrons. The molecule has 0 saturated carbocycles. The Balaban J connectivity index is 1.85. The van der Waals surface area contributed by atoms with Crippen molar-refractivity contribution in [3.8, 4) is 17.6 Å². The second-order valence-electron chi connectivity index (χ2n) is 6.57. The lowest BCUT2D eigenvalue weighted by Gasteiger charge is -2.13. The number of anilines is 1. The van der Waals surface area contributed by atoms with Gasteiger partial charge in [-0.2, -0.15) is 5.26 Å².